The molecule has 0 aromatic carbocycles. The molecule has 13 heavy (non-hydrogen) atoms. The van der Waals surface area contributed by atoms with Gasteiger partial charge in [-0.1, -0.05) is 13.8 Å². The molecule has 0 aliphatic rings. The number of aliphatic hydroxyl groups is 1. The monoisotopic (exact) mass is 205 g/mol. The molecule has 0 bridgehead atoms. The SMILES string of the molecule is CSC(C)CC(=O)NCC(C)CO. The molecule has 0 aromatic heterocycles. The van der Waals surface area contributed by atoms with Crippen LogP contribution in [0.5, 0.6) is 0 Å². The van der Waals surface area contributed by atoms with E-state index in [9.17, 15) is 4.79 Å². The summed E-state index contributed by atoms with van der Waals surface area (Å²) >= 11 is 1.68. The zero-order valence-corrected chi connectivity index (χ0v) is 9.36. The maximum absolute atomic E-state index is 11.2. The van der Waals surface area contributed by atoms with Crippen LogP contribution in [0.3, 0.4) is 0 Å². The average molecular weight is 205 g/mol. The predicted octanol–water partition coefficient (Wildman–Crippen LogP) is 0.873. The molecule has 0 saturated heterocycles. The quantitative estimate of drug-likeness (QED) is 0.676. The number of carbonyl (C=O) groups is 1. The summed E-state index contributed by atoms with van der Waals surface area (Å²) in [5, 5.41) is 11.9. The van der Waals surface area contributed by atoms with Gasteiger partial charge in [-0.15, -0.1) is 0 Å². The third-order valence-corrected chi connectivity index (χ3v) is 2.81. The smallest absolute Gasteiger partial charge is 0.221 e. The molecule has 78 valence electrons. The first-order valence-electron chi connectivity index (χ1n) is 4.50. The topological polar surface area (TPSA) is 49.3 Å². The Hall–Kier alpha value is -0.220. The maximum Gasteiger partial charge on any atom is 0.221 e. The lowest BCUT2D eigenvalue weighted by atomic mass is 10.2. The van der Waals surface area contributed by atoms with Gasteiger partial charge in [0.15, 0.2) is 0 Å². The molecule has 4 heteroatoms. The van der Waals surface area contributed by atoms with Crippen LogP contribution >= 0.6 is 11.8 Å². The van der Waals surface area contributed by atoms with Crippen molar-refractivity contribution in [3.8, 4) is 0 Å². The summed E-state index contributed by atoms with van der Waals surface area (Å²) in [6.07, 6.45) is 2.55. The number of amides is 1. The van der Waals surface area contributed by atoms with Crippen molar-refractivity contribution in [2.24, 2.45) is 5.92 Å². The van der Waals surface area contributed by atoms with E-state index >= 15 is 0 Å². The predicted molar refractivity (Wildman–Crippen MR) is 56.9 cm³/mol. The van der Waals surface area contributed by atoms with Crippen molar-refractivity contribution in [2.75, 3.05) is 19.4 Å². The highest BCUT2D eigenvalue weighted by molar-refractivity contribution is 7.99. The first kappa shape index (κ1) is 12.8. The zero-order valence-electron chi connectivity index (χ0n) is 8.54. The molecule has 2 atom stereocenters. The van der Waals surface area contributed by atoms with Crippen LogP contribution in [0, 0.1) is 5.92 Å². The summed E-state index contributed by atoms with van der Waals surface area (Å²) in [4.78, 5) is 11.2. The minimum absolute atomic E-state index is 0.0714. The fourth-order valence-corrected chi connectivity index (χ4v) is 1.09. The van der Waals surface area contributed by atoms with Crippen LogP contribution in [-0.4, -0.2) is 35.7 Å². The van der Waals surface area contributed by atoms with E-state index in [-0.39, 0.29) is 18.4 Å². The molecule has 3 nitrogen and oxygen atoms in total. The first-order valence-corrected chi connectivity index (χ1v) is 5.79. The molecule has 0 aliphatic heterocycles. The number of rotatable bonds is 6. The van der Waals surface area contributed by atoms with E-state index in [2.05, 4.69) is 5.32 Å². The number of aliphatic hydroxyl groups excluding tert-OH is 1. The Labute approximate surface area is 84.3 Å². The van der Waals surface area contributed by atoms with Gasteiger partial charge in [-0.05, 0) is 12.2 Å². The van der Waals surface area contributed by atoms with Crippen molar-refractivity contribution in [1.29, 1.82) is 0 Å². The highest BCUT2D eigenvalue weighted by atomic mass is 32.2. The Morgan fingerprint density at radius 2 is 2.15 bits per heavy atom. The third kappa shape index (κ3) is 6.90. The molecule has 0 saturated carbocycles. The lowest BCUT2D eigenvalue weighted by Gasteiger charge is -2.11. The van der Waals surface area contributed by atoms with Gasteiger partial charge >= 0.3 is 0 Å². The summed E-state index contributed by atoms with van der Waals surface area (Å²) in [6, 6.07) is 0. The lowest BCUT2D eigenvalue weighted by molar-refractivity contribution is -0.121. The van der Waals surface area contributed by atoms with E-state index in [1.807, 2.05) is 20.1 Å². The average Bonchev–Trinajstić information content (AvgIpc) is 2.13. The highest BCUT2D eigenvalue weighted by Crippen LogP contribution is 2.08. The van der Waals surface area contributed by atoms with Gasteiger partial charge in [-0.2, -0.15) is 11.8 Å². The van der Waals surface area contributed by atoms with Gasteiger partial charge in [-0.25, -0.2) is 0 Å². The molecule has 0 fully saturated rings. The van der Waals surface area contributed by atoms with Crippen LogP contribution in [0.1, 0.15) is 20.3 Å². The molecule has 0 rings (SSSR count). The molecule has 0 aromatic rings. The van der Waals surface area contributed by atoms with Gasteiger partial charge in [-0.3, -0.25) is 4.79 Å². The molecule has 0 radical (unpaired) electrons. The van der Waals surface area contributed by atoms with E-state index in [0.29, 0.717) is 18.2 Å². The van der Waals surface area contributed by atoms with Gasteiger partial charge in [0.05, 0.1) is 0 Å². The number of nitrogens with one attached hydrogen (secondary N) is 1. The summed E-state index contributed by atoms with van der Waals surface area (Å²) in [5.41, 5.74) is 0. The molecule has 2 N–H and O–H groups in total. The number of hydrogen-bond donors (Lipinski definition) is 2. The third-order valence-electron chi connectivity index (χ3n) is 1.83. The fourth-order valence-electron chi connectivity index (χ4n) is 0.769. The molecule has 2 unspecified atom stereocenters. The molecular weight excluding hydrogens is 186 g/mol. The largest absolute Gasteiger partial charge is 0.396 e. The standard InChI is InChI=1S/C9H19NO2S/c1-7(6-11)5-10-9(12)4-8(2)13-3/h7-8,11H,4-6H2,1-3H3,(H,10,12). The Morgan fingerprint density at radius 1 is 1.54 bits per heavy atom. The zero-order chi connectivity index (χ0) is 10.3. The lowest BCUT2D eigenvalue weighted by Crippen LogP contribution is -2.30. The van der Waals surface area contributed by atoms with Crippen molar-refractivity contribution < 1.29 is 9.90 Å². The molecular formula is C9H19NO2S. The van der Waals surface area contributed by atoms with Crippen molar-refractivity contribution in [1.82, 2.24) is 5.32 Å². The molecule has 1 amide bonds. The Kier molecular flexibility index (Phi) is 7.09. The normalized spacial score (nSPS) is 15.1. The van der Waals surface area contributed by atoms with Crippen LogP contribution in [0.2, 0.25) is 0 Å². The summed E-state index contributed by atoms with van der Waals surface area (Å²) in [6.45, 7) is 4.62. The van der Waals surface area contributed by atoms with E-state index in [1.165, 1.54) is 0 Å². The second-order valence-electron chi connectivity index (χ2n) is 3.34. The highest BCUT2D eigenvalue weighted by Gasteiger charge is 2.08. The summed E-state index contributed by atoms with van der Waals surface area (Å²) < 4.78 is 0. The minimum Gasteiger partial charge on any atom is -0.396 e. The van der Waals surface area contributed by atoms with Gasteiger partial charge in [0.2, 0.25) is 5.91 Å². The number of thioether (sulfide) groups is 1. The van der Waals surface area contributed by atoms with Gasteiger partial charge in [0.1, 0.15) is 0 Å². The van der Waals surface area contributed by atoms with Gasteiger partial charge in [0, 0.05) is 24.8 Å². The van der Waals surface area contributed by atoms with Crippen LogP contribution in [0.4, 0.5) is 0 Å². The summed E-state index contributed by atoms with van der Waals surface area (Å²) in [7, 11) is 0. The molecule has 0 heterocycles. The Bertz CT molecular complexity index is 153. The molecule has 0 aliphatic carbocycles. The minimum atomic E-state index is 0.0714. The number of hydrogen-bond acceptors (Lipinski definition) is 3. The van der Waals surface area contributed by atoms with Crippen LogP contribution in [0.15, 0.2) is 0 Å². The van der Waals surface area contributed by atoms with Gasteiger partial charge in [0.25, 0.3) is 0 Å². The Balaban J connectivity index is 3.51. The van der Waals surface area contributed by atoms with E-state index < -0.39 is 0 Å². The van der Waals surface area contributed by atoms with E-state index in [0.717, 1.165) is 0 Å². The van der Waals surface area contributed by atoms with Crippen molar-refractivity contribution in [3.63, 3.8) is 0 Å². The number of carbonyl (C=O) groups excluding carboxylic acids is 1. The second-order valence-corrected chi connectivity index (χ2v) is 4.62. The fraction of sp³-hybridized carbons (Fsp3) is 0.889. The van der Waals surface area contributed by atoms with Crippen molar-refractivity contribution in [3.05, 3.63) is 0 Å². The molecule has 0 spiro atoms. The van der Waals surface area contributed by atoms with Crippen LogP contribution in [0.25, 0.3) is 0 Å². The van der Waals surface area contributed by atoms with Crippen LogP contribution < -0.4 is 5.32 Å². The van der Waals surface area contributed by atoms with Crippen molar-refractivity contribution >= 4 is 17.7 Å². The van der Waals surface area contributed by atoms with Gasteiger partial charge < -0.3 is 10.4 Å². The van der Waals surface area contributed by atoms with Crippen molar-refractivity contribution in [2.45, 2.75) is 25.5 Å². The first-order chi connectivity index (χ1) is 6.10. The summed E-state index contributed by atoms with van der Waals surface area (Å²) in [5.74, 6) is 0.218. The second kappa shape index (κ2) is 7.21. The van der Waals surface area contributed by atoms with E-state index in [4.69, 9.17) is 5.11 Å². The van der Waals surface area contributed by atoms with Crippen LogP contribution in [-0.2, 0) is 4.79 Å². The Morgan fingerprint density at radius 3 is 2.62 bits per heavy atom. The van der Waals surface area contributed by atoms with E-state index in [1.54, 1.807) is 11.8 Å². The maximum atomic E-state index is 11.2.